The van der Waals surface area contributed by atoms with Gasteiger partial charge in [-0.25, -0.2) is 15.0 Å². The number of thiophene rings is 1. The summed E-state index contributed by atoms with van der Waals surface area (Å²) in [6.07, 6.45) is 3.64. The maximum Gasteiger partial charge on any atom is 0.251 e. The fourth-order valence-corrected chi connectivity index (χ4v) is 3.54. The van der Waals surface area contributed by atoms with Crippen LogP contribution in [-0.2, 0) is 0 Å². The van der Waals surface area contributed by atoms with Crippen LogP contribution in [0, 0.1) is 0 Å². The van der Waals surface area contributed by atoms with Crippen molar-refractivity contribution in [1.82, 2.24) is 14.9 Å². The third-order valence-corrected chi connectivity index (χ3v) is 5.08. The van der Waals surface area contributed by atoms with Crippen molar-refractivity contribution in [3.8, 4) is 10.6 Å². The fraction of sp³-hybridized carbons (Fsp3) is 0.211. The van der Waals surface area contributed by atoms with Gasteiger partial charge in [-0.3, -0.25) is 0 Å². The molecule has 0 unspecified atom stereocenters. The van der Waals surface area contributed by atoms with E-state index >= 15 is 0 Å². The van der Waals surface area contributed by atoms with E-state index in [1.54, 1.807) is 17.5 Å². The maximum absolute atomic E-state index is 4.53. The average Bonchev–Trinajstić information content (AvgIpc) is 3.23. The first-order chi connectivity index (χ1) is 12.4. The van der Waals surface area contributed by atoms with Gasteiger partial charge in [0.1, 0.15) is 0 Å². The molecule has 5 nitrogen and oxygen atoms in total. The second kappa shape index (κ2) is 7.44. The molecule has 0 N–H and O–H groups in total. The summed E-state index contributed by atoms with van der Waals surface area (Å²) in [6.45, 7) is 3.88. The predicted molar refractivity (Wildman–Crippen MR) is 104 cm³/mol. The van der Waals surface area contributed by atoms with E-state index in [2.05, 4.69) is 61.2 Å². The van der Waals surface area contributed by atoms with E-state index in [0.29, 0.717) is 5.95 Å². The molecule has 2 aromatic heterocycles. The lowest BCUT2D eigenvalue weighted by atomic mass is 10.2. The summed E-state index contributed by atoms with van der Waals surface area (Å²) in [7, 11) is 0. The highest BCUT2D eigenvalue weighted by Crippen LogP contribution is 2.23. The Hall–Kier alpha value is -2.73. The first-order valence-electron chi connectivity index (χ1n) is 8.34. The summed E-state index contributed by atoms with van der Waals surface area (Å²) in [5.74, 6) is 0.511. The Labute approximate surface area is 151 Å². The van der Waals surface area contributed by atoms with Crippen LogP contribution in [0.3, 0.4) is 0 Å². The predicted octanol–water partition coefficient (Wildman–Crippen LogP) is 3.69. The molecular weight excluding hydrogens is 330 g/mol. The molecular formula is C19H19N5S. The minimum atomic E-state index is 0.511. The Bertz CT molecular complexity index is 824. The number of para-hydroxylation sites is 1. The summed E-state index contributed by atoms with van der Waals surface area (Å²) >= 11 is 1.67. The van der Waals surface area contributed by atoms with Crippen LogP contribution >= 0.6 is 11.3 Å². The minimum absolute atomic E-state index is 0.511. The molecule has 6 heteroatoms. The molecule has 1 fully saturated rings. The standard InChI is InChI=1S/C19H19N5S/c1-2-5-16(6-3-1)24-12-10-23(11-13-24)15-21-19-20-9-8-17(22-19)18-7-4-14-25-18/h1-9,14-15H,10-13H2. The molecule has 1 saturated heterocycles. The lowest BCUT2D eigenvalue weighted by molar-refractivity contribution is 0.396. The molecule has 126 valence electrons. The first kappa shape index (κ1) is 15.8. The number of anilines is 1. The minimum Gasteiger partial charge on any atom is -0.368 e. The highest BCUT2D eigenvalue weighted by atomic mass is 32.1. The SMILES string of the molecule is C(=Nc1nccc(-c2cccs2)n1)N1CCN(c2ccccc2)CC1. The molecule has 4 rings (SSSR count). The Balaban J connectivity index is 1.38. The Kier molecular flexibility index (Phi) is 4.70. The molecule has 0 saturated carbocycles. The van der Waals surface area contributed by atoms with Gasteiger partial charge in [0.05, 0.1) is 16.9 Å². The first-order valence-corrected chi connectivity index (χ1v) is 9.22. The quantitative estimate of drug-likeness (QED) is 0.532. The van der Waals surface area contributed by atoms with Gasteiger partial charge >= 0.3 is 0 Å². The Morgan fingerprint density at radius 2 is 1.80 bits per heavy atom. The molecule has 0 bridgehead atoms. The van der Waals surface area contributed by atoms with Crippen LogP contribution in [0.1, 0.15) is 0 Å². The van der Waals surface area contributed by atoms with Crippen molar-refractivity contribution >= 4 is 29.3 Å². The average molecular weight is 349 g/mol. The van der Waals surface area contributed by atoms with E-state index in [4.69, 9.17) is 0 Å². The van der Waals surface area contributed by atoms with Crippen LogP contribution in [-0.4, -0.2) is 47.4 Å². The largest absolute Gasteiger partial charge is 0.368 e. The third-order valence-electron chi connectivity index (χ3n) is 4.19. The monoisotopic (exact) mass is 349 g/mol. The van der Waals surface area contributed by atoms with Crippen molar-refractivity contribution in [2.75, 3.05) is 31.1 Å². The number of hydrogen-bond donors (Lipinski definition) is 0. The molecule has 0 atom stereocenters. The van der Waals surface area contributed by atoms with Crippen LogP contribution in [0.5, 0.6) is 0 Å². The van der Waals surface area contributed by atoms with E-state index < -0.39 is 0 Å². The maximum atomic E-state index is 4.53. The van der Waals surface area contributed by atoms with E-state index in [9.17, 15) is 0 Å². The molecule has 0 aliphatic carbocycles. The topological polar surface area (TPSA) is 44.6 Å². The van der Waals surface area contributed by atoms with Gasteiger partial charge in [-0.15, -0.1) is 11.3 Å². The summed E-state index contributed by atoms with van der Waals surface area (Å²) in [6, 6.07) is 16.5. The zero-order valence-electron chi connectivity index (χ0n) is 13.8. The molecule has 1 aliphatic heterocycles. The van der Waals surface area contributed by atoms with Crippen LogP contribution in [0.15, 0.2) is 65.1 Å². The lowest BCUT2D eigenvalue weighted by Crippen LogP contribution is -2.45. The van der Waals surface area contributed by atoms with E-state index in [1.807, 2.05) is 23.9 Å². The number of benzene rings is 1. The van der Waals surface area contributed by atoms with Crippen LogP contribution in [0.2, 0.25) is 0 Å². The van der Waals surface area contributed by atoms with Crippen LogP contribution in [0.4, 0.5) is 11.6 Å². The number of rotatable bonds is 4. The fourth-order valence-electron chi connectivity index (χ4n) is 2.84. The highest BCUT2D eigenvalue weighted by Gasteiger charge is 2.14. The lowest BCUT2D eigenvalue weighted by Gasteiger charge is -2.35. The van der Waals surface area contributed by atoms with Gasteiger partial charge in [-0.2, -0.15) is 0 Å². The van der Waals surface area contributed by atoms with Gasteiger partial charge in [0.25, 0.3) is 5.95 Å². The van der Waals surface area contributed by atoms with Crippen molar-refractivity contribution in [3.05, 3.63) is 60.1 Å². The molecule has 1 aliphatic rings. The van der Waals surface area contributed by atoms with Gasteiger partial charge in [-0.05, 0) is 29.6 Å². The molecule has 3 heterocycles. The molecule has 0 radical (unpaired) electrons. The third kappa shape index (κ3) is 3.85. The molecule has 0 amide bonds. The second-order valence-corrected chi connectivity index (χ2v) is 6.77. The summed E-state index contributed by atoms with van der Waals surface area (Å²) < 4.78 is 0. The van der Waals surface area contributed by atoms with Crippen molar-refractivity contribution in [2.45, 2.75) is 0 Å². The molecule has 3 aromatic rings. The van der Waals surface area contributed by atoms with Gasteiger partial charge in [0, 0.05) is 38.1 Å². The van der Waals surface area contributed by atoms with Crippen molar-refractivity contribution < 1.29 is 0 Å². The van der Waals surface area contributed by atoms with Crippen molar-refractivity contribution in [1.29, 1.82) is 0 Å². The molecule has 0 spiro atoms. The smallest absolute Gasteiger partial charge is 0.251 e. The van der Waals surface area contributed by atoms with Crippen LogP contribution < -0.4 is 4.90 Å². The summed E-state index contributed by atoms with van der Waals surface area (Å²) in [5.41, 5.74) is 2.21. The number of hydrogen-bond acceptors (Lipinski definition) is 5. The van der Waals surface area contributed by atoms with Gasteiger partial charge < -0.3 is 9.80 Å². The Morgan fingerprint density at radius 3 is 2.56 bits per heavy atom. The van der Waals surface area contributed by atoms with E-state index in [1.165, 1.54) is 5.69 Å². The highest BCUT2D eigenvalue weighted by molar-refractivity contribution is 7.13. The summed E-state index contributed by atoms with van der Waals surface area (Å²) in [4.78, 5) is 19.0. The van der Waals surface area contributed by atoms with Gasteiger partial charge in [0.15, 0.2) is 0 Å². The van der Waals surface area contributed by atoms with Gasteiger partial charge in [-0.1, -0.05) is 24.3 Å². The van der Waals surface area contributed by atoms with Crippen molar-refractivity contribution in [3.63, 3.8) is 0 Å². The van der Waals surface area contributed by atoms with Crippen molar-refractivity contribution in [2.24, 2.45) is 4.99 Å². The number of nitrogens with zero attached hydrogens (tertiary/aromatic N) is 5. The second-order valence-electron chi connectivity index (χ2n) is 5.82. The number of aliphatic imine (C=N–C) groups is 1. The van der Waals surface area contributed by atoms with Gasteiger partial charge in [0.2, 0.25) is 0 Å². The number of piperazine rings is 1. The van der Waals surface area contributed by atoms with E-state index in [-0.39, 0.29) is 0 Å². The molecule has 25 heavy (non-hydrogen) atoms. The number of aromatic nitrogens is 2. The summed E-state index contributed by atoms with van der Waals surface area (Å²) in [5, 5.41) is 2.05. The molecule has 1 aromatic carbocycles. The van der Waals surface area contributed by atoms with Crippen LogP contribution in [0.25, 0.3) is 10.6 Å². The zero-order valence-corrected chi connectivity index (χ0v) is 14.6. The Morgan fingerprint density at radius 1 is 0.960 bits per heavy atom. The van der Waals surface area contributed by atoms with E-state index in [0.717, 1.165) is 36.8 Å². The normalized spacial score (nSPS) is 15.0. The zero-order chi connectivity index (χ0) is 16.9.